The summed E-state index contributed by atoms with van der Waals surface area (Å²) in [5.74, 6) is 0.698. The second kappa shape index (κ2) is 9.07. The molecule has 29 heavy (non-hydrogen) atoms. The number of nitrogens with one attached hydrogen (secondary N) is 2. The number of thiazole rings is 1. The SMILES string of the molecule is COC(=O)c1ccc(-c2csc(NC(=O)Nc3ccc(OC)cc3OC)n2)cc1. The first-order valence-electron chi connectivity index (χ1n) is 8.48. The molecule has 150 valence electrons. The Bertz CT molecular complexity index is 1020. The number of carbonyl (C=O) groups is 2. The summed E-state index contributed by atoms with van der Waals surface area (Å²) in [6.07, 6.45) is 0. The Morgan fingerprint density at radius 3 is 2.38 bits per heavy atom. The largest absolute Gasteiger partial charge is 0.497 e. The number of methoxy groups -OCH3 is 3. The minimum atomic E-state index is -0.449. The lowest BCUT2D eigenvalue weighted by atomic mass is 10.1. The average Bonchev–Trinajstić information content (AvgIpc) is 3.21. The number of anilines is 2. The second-order valence-electron chi connectivity index (χ2n) is 5.75. The molecule has 0 fully saturated rings. The fourth-order valence-electron chi connectivity index (χ4n) is 2.51. The molecule has 0 aliphatic rings. The highest BCUT2D eigenvalue weighted by Gasteiger charge is 2.12. The number of urea groups is 1. The first kappa shape index (κ1) is 20.2. The molecule has 2 aromatic carbocycles. The zero-order chi connectivity index (χ0) is 20.8. The van der Waals surface area contributed by atoms with E-state index in [0.29, 0.717) is 33.6 Å². The van der Waals surface area contributed by atoms with Gasteiger partial charge in [-0.2, -0.15) is 0 Å². The zero-order valence-electron chi connectivity index (χ0n) is 16.0. The van der Waals surface area contributed by atoms with Crippen molar-refractivity contribution in [1.82, 2.24) is 4.98 Å². The summed E-state index contributed by atoms with van der Waals surface area (Å²) >= 11 is 1.29. The van der Waals surface area contributed by atoms with Crippen LogP contribution in [-0.4, -0.2) is 38.3 Å². The van der Waals surface area contributed by atoms with E-state index in [-0.39, 0.29) is 0 Å². The smallest absolute Gasteiger partial charge is 0.337 e. The van der Waals surface area contributed by atoms with Gasteiger partial charge in [0.2, 0.25) is 0 Å². The zero-order valence-corrected chi connectivity index (χ0v) is 16.8. The molecule has 0 aliphatic heterocycles. The predicted octanol–water partition coefficient (Wildman–Crippen LogP) is 4.26. The van der Waals surface area contributed by atoms with Crippen LogP contribution >= 0.6 is 11.3 Å². The van der Waals surface area contributed by atoms with E-state index in [1.165, 1.54) is 25.6 Å². The molecule has 1 aromatic heterocycles. The van der Waals surface area contributed by atoms with Crippen molar-refractivity contribution in [3.63, 3.8) is 0 Å². The van der Waals surface area contributed by atoms with Gasteiger partial charge in [-0.15, -0.1) is 11.3 Å². The van der Waals surface area contributed by atoms with Crippen LogP contribution in [0.3, 0.4) is 0 Å². The molecule has 3 rings (SSSR count). The monoisotopic (exact) mass is 413 g/mol. The molecule has 0 saturated carbocycles. The maximum absolute atomic E-state index is 12.3. The van der Waals surface area contributed by atoms with Crippen LogP contribution in [0.2, 0.25) is 0 Å². The van der Waals surface area contributed by atoms with E-state index in [0.717, 1.165) is 5.56 Å². The molecule has 1 heterocycles. The third-order valence-electron chi connectivity index (χ3n) is 3.98. The quantitative estimate of drug-likeness (QED) is 0.586. The van der Waals surface area contributed by atoms with Gasteiger partial charge in [0.15, 0.2) is 5.13 Å². The minimum Gasteiger partial charge on any atom is -0.497 e. The highest BCUT2D eigenvalue weighted by atomic mass is 32.1. The van der Waals surface area contributed by atoms with Gasteiger partial charge in [0.1, 0.15) is 11.5 Å². The van der Waals surface area contributed by atoms with Gasteiger partial charge >= 0.3 is 12.0 Å². The summed E-state index contributed by atoms with van der Waals surface area (Å²) in [4.78, 5) is 28.2. The Morgan fingerprint density at radius 1 is 0.966 bits per heavy atom. The topological polar surface area (TPSA) is 98.8 Å². The minimum absolute atomic E-state index is 0.400. The summed E-state index contributed by atoms with van der Waals surface area (Å²) in [6.45, 7) is 0. The molecule has 0 aliphatic carbocycles. The Hall–Kier alpha value is -3.59. The van der Waals surface area contributed by atoms with Gasteiger partial charge in [-0.05, 0) is 24.3 Å². The number of rotatable bonds is 6. The molecule has 8 nitrogen and oxygen atoms in total. The van der Waals surface area contributed by atoms with Crippen molar-refractivity contribution in [3.05, 3.63) is 53.4 Å². The van der Waals surface area contributed by atoms with E-state index in [1.807, 2.05) is 5.38 Å². The number of hydrogen-bond donors (Lipinski definition) is 2. The highest BCUT2D eigenvalue weighted by Crippen LogP contribution is 2.30. The molecule has 2 N–H and O–H groups in total. The highest BCUT2D eigenvalue weighted by molar-refractivity contribution is 7.14. The van der Waals surface area contributed by atoms with Crippen LogP contribution in [0.15, 0.2) is 47.8 Å². The third kappa shape index (κ3) is 4.82. The van der Waals surface area contributed by atoms with Gasteiger partial charge < -0.3 is 19.5 Å². The molecule has 2 amide bonds. The summed E-state index contributed by atoms with van der Waals surface area (Å²) in [7, 11) is 4.40. The molecule has 0 unspecified atom stereocenters. The van der Waals surface area contributed by atoms with E-state index >= 15 is 0 Å². The van der Waals surface area contributed by atoms with Crippen LogP contribution in [0.4, 0.5) is 15.6 Å². The number of benzene rings is 2. The van der Waals surface area contributed by atoms with E-state index in [2.05, 4.69) is 20.4 Å². The number of ether oxygens (including phenoxy) is 3. The Labute approximate surface area is 171 Å². The number of amides is 2. The first-order chi connectivity index (χ1) is 14.0. The molecule has 0 saturated heterocycles. The van der Waals surface area contributed by atoms with Gasteiger partial charge in [-0.1, -0.05) is 12.1 Å². The molecule has 3 aromatic rings. The van der Waals surface area contributed by atoms with Gasteiger partial charge in [0.05, 0.1) is 38.3 Å². The number of aromatic nitrogens is 1. The Morgan fingerprint density at radius 2 is 1.72 bits per heavy atom. The normalized spacial score (nSPS) is 10.2. The van der Waals surface area contributed by atoms with Crippen LogP contribution in [-0.2, 0) is 4.74 Å². The van der Waals surface area contributed by atoms with Crippen molar-refractivity contribution >= 4 is 34.2 Å². The molecular weight excluding hydrogens is 394 g/mol. The second-order valence-corrected chi connectivity index (χ2v) is 6.61. The summed E-state index contributed by atoms with van der Waals surface area (Å²) in [5, 5.41) is 7.67. The standard InChI is InChI=1S/C20H19N3O5S/c1-26-14-8-9-15(17(10-14)27-2)21-19(25)23-20-22-16(11-29-20)12-4-6-13(7-5-12)18(24)28-3/h4-11H,1-3H3,(H2,21,22,23,25). The van der Waals surface area contributed by atoms with Gasteiger partial charge in [-0.3, -0.25) is 5.32 Å². The van der Waals surface area contributed by atoms with Crippen LogP contribution < -0.4 is 20.1 Å². The lowest BCUT2D eigenvalue weighted by Crippen LogP contribution is -2.19. The number of hydrogen-bond acceptors (Lipinski definition) is 7. The lowest BCUT2D eigenvalue weighted by molar-refractivity contribution is 0.0600. The van der Waals surface area contributed by atoms with Crippen molar-refractivity contribution < 1.29 is 23.8 Å². The van der Waals surface area contributed by atoms with Crippen LogP contribution in [0.1, 0.15) is 10.4 Å². The molecule has 0 radical (unpaired) electrons. The fraction of sp³-hybridized carbons (Fsp3) is 0.150. The van der Waals surface area contributed by atoms with E-state index < -0.39 is 12.0 Å². The molecule has 0 bridgehead atoms. The predicted molar refractivity (Wildman–Crippen MR) is 111 cm³/mol. The van der Waals surface area contributed by atoms with Gasteiger partial charge in [0.25, 0.3) is 0 Å². The lowest BCUT2D eigenvalue weighted by Gasteiger charge is -2.11. The number of nitrogens with zero attached hydrogens (tertiary/aromatic N) is 1. The van der Waals surface area contributed by atoms with Crippen LogP contribution in [0.5, 0.6) is 11.5 Å². The molecular formula is C20H19N3O5S. The van der Waals surface area contributed by atoms with E-state index in [4.69, 9.17) is 9.47 Å². The summed E-state index contributed by atoms with van der Waals surface area (Å²) in [6, 6.07) is 11.5. The fourth-order valence-corrected chi connectivity index (χ4v) is 3.23. The van der Waals surface area contributed by atoms with Crippen LogP contribution in [0, 0.1) is 0 Å². The summed E-state index contributed by atoms with van der Waals surface area (Å²) < 4.78 is 15.1. The van der Waals surface area contributed by atoms with E-state index in [9.17, 15) is 9.59 Å². The van der Waals surface area contributed by atoms with Crippen molar-refractivity contribution in [2.75, 3.05) is 32.0 Å². The van der Waals surface area contributed by atoms with E-state index in [1.54, 1.807) is 49.6 Å². The maximum Gasteiger partial charge on any atom is 0.337 e. The third-order valence-corrected chi connectivity index (χ3v) is 4.74. The molecule has 0 spiro atoms. The maximum atomic E-state index is 12.3. The van der Waals surface area contributed by atoms with Crippen molar-refractivity contribution in [2.45, 2.75) is 0 Å². The molecule has 0 atom stereocenters. The van der Waals surface area contributed by atoms with Crippen LogP contribution in [0.25, 0.3) is 11.3 Å². The first-order valence-corrected chi connectivity index (χ1v) is 9.36. The average molecular weight is 413 g/mol. The number of carbonyl (C=O) groups excluding carboxylic acids is 2. The molecule has 9 heteroatoms. The number of esters is 1. The van der Waals surface area contributed by atoms with Gasteiger partial charge in [-0.25, -0.2) is 14.6 Å². The van der Waals surface area contributed by atoms with Crippen molar-refractivity contribution in [2.24, 2.45) is 0 Å². The Balaban J connectivity index is 1.67. The van der Waals surface area contributed by atoms with Crippen molar-refractivity contribution in [3.8, 4) is 22.8 Å². The van der Waals surface area contributed by atoms with Crippen molar-refractivity contribution in [1.29, 1.82) is 0 Å². The summed E-state index contributed by atoms with van der Waals surface area (Å²) in [5.41, 5.74) is 2.46. The van der Waals surface area contributed by atoms with Gasteiger partial charge in [0, 0.05) is 17.0 Å². The Kier molecular flexibility index (Phi) is 6.30.